The van der Waals surface area contributed by atoms with E-state index in [1.54, 1.807) is 0 Å². The van der Waals surface area contributed by atoms with E-state index >= 15 is 0 Å². The molecule has 2 aliphatic heterocycles. The van der Waals surface area contributed by atoms with Crippen molar-refractivity contribution in [1.29, 1.82) is 5.26 Å². The van der Waals surface area contributed by atoms with E-state index in [1.807, 2.05) is 12.1 Å². The van der Waals surface area contributed by atoms with Crippen molar-refractivity contribution in [2.75, 3.05) is 26.2 Å². The second kappa shape index (κ2) is 9.86. The fraction of sp³-hybridized carbons (Fsp3) is 0.579. The molecule has 1 N–H and O–H groups in total. The van der Waals surface area contributed by atoms with E-state index in [1.165, 1.54) is 10.5 Å². The SMILES string of the molecule is Cl.N#C[C@@H]1C[C@H](F)CN1C(=O)CNC1CCN(Cc2ccccc2)CC1. The number of carbonyl (C=O) groups excluding carboxylic acids is 1. The first-order chi connectivity index (χ1) is 12.2. The maximum atomic E-state index is 13.4. The summed E-state index contributed by atoms with van der Waals surface area (Å²) in [6.07, 6.45) is 1.05. The molecular formula is C19H26ClFN4O. The third-order valence-electron chi connectivity index (χ3n) is 5.10. The van der Waals surface area contributed by atoms with Crippen molar-refractivity contribution in [3.63, 3.8) is 0 Å². The lowest BCUT2D eigenvalue weighted by molar-refractivity contribution is -0.130. The lowest BCUT2D eigenvalue weighted by Gasteiger charge is -2.32. The smallest absolute Gasteiger partial charge is 0.237 e. The molecular weight excluding hydrogens is 355 g/mol. The summed E-state index contributed by atoms with van der Waals surface area (Å²) in [5.74, 6) is -0.168. The summed E-state index contributed by atoms with van der Waals surface area (Å²) in [5, 5.41) is 12.3. The predicted molar refractivity (Wildman–Crippen MR) is 101 cm³/mol. The van der Waals surface area contributed by atoms with E-state index in [4.69, 9.17) is 5.26 Å². The van der Waals surface area contributed by atoms with Crippen LogP contribution in [0.3, 0.4) is 0 Å². The van der Waals surface area contributed by atoms with Crippen molar-refractivity contribution in [1.82, 2.24) is 15.1 Å². The van der Waals surface area contributed by atoms with Crippen LogP contribution in [-0.4, -0.2) is 60.1 Å². The number of alkyl halides is 1. The zero-order valence-electron chi connectivity index (χ0n) is 14.8. The molecule has 1 amide bonds. The van der Waals surface area contributed by atoms with Crippen molar-refractivity contribution in [3.8, 4) is 6.07 Å². The summed E-state index contributed by atoms with van der Waals surface area (Å²) in [7, 11) is 0. The number of nitrogens with zero attached hydrogens (tertiary/aromatic N) is 3. The molecule has 1 aromatic rings. The van der Waals surface area contributed by atoms with Gasteiger partial charge in [0.1, 0.15) is 12.2 Å². The molecule has 0 aromatic heterocycles. The summed E-state index contributed by atoms with van der Waals surface area (Å²) in [6.45, 7) is 3.19. The molecule has 2 saturated heterocycles. The first-order valence-corrected chi connectivity index (χ1v) is 8.98. The molecule has 0 aliphatic carbocycles. The van der Waals surface area contributed by atoms with Gasteiger partial charge in [-0.15, -0.1) is 12.4 Å². The fourth-order valence-electron chi connectivity index (χ4n) is 3.65. The van der Waals surface area contributed by atoms with Crippen molar-refractivity contribution in [2.24, 2.45) is 0 Å². The first-order valence-electron chi connectivity index (χ1n) is 8.98. The van der Waals surface area contributed by atoms with Gasteiger partial charge in [-0.1, -0.05) is 30.3 Å². The fourth-order valence-corrected chi connectivity index (χ4v) is 3.65. The van der Waals surface area contributed by atoms with Crippen LogP contribution in [0.15, 0.2) is 30.3 Å². The Kier molecular flexibility index (Phi) is 7.83. The zero-order valence-corrected chi connectivity index (χ0v) is 15.6. The number of halogens is 2. The number of rotatable bonds is 5. The Bertz CT molecular complexity index is 616. The van der Waals surface area contributed by atoms with Crippen molar-refractivity contribution in [2.45, 2.75) is 44.1 Å². The second-order valence-electron chi connectivity index (χ2n) is 6.94. The minimum absolute atomic E-state index is 0. The number of hydrogen-bond donors (Lipinski definition) is 1. The monoisotopic (exact) mass is 380 g/mol. The summed E-state index contributed by atoms with van der Waals surface area (Å²) in [6, 6.07) is 12.1. The van der Waals surface area contributed by atoms with Crippen LogP contribution in [0.5, 0.6) is 0 Å². The molecule has 2 aliphatic rings. The van der Waals surface area contributed by atoms with Crippen molar-refractivity contribution < 1.29 is 9.18 Å². The third kappa shape index (κ3) is 5.41. The molecule has 7 heteroatoms. The average Bonchev–Trinajstić information content (AvgIpc) is 3.03. The van der Waals surface area contributed by atoms with Crippen LogP contribution in [0.25, 0.3) is 0 Å². The molecule has 2 atom stereocenters. The average molecular weight is 381 g/mol. The van der Waals surface area contributed by atoms with E-state index in [9.17, 15) is 9.18 Å². The Morgan fingerprint density at radius 3 is 2.62 bits per heavy atom. The quantitative estimate of drug-likeness (QED) is 0.850. The van der Waals surface area contributed by atoms with Gasteiger partial charge in [-0.05, 0) is 31.5 Å². The highest BCUT2D eigenvalue weighted by molar-refractivity contribution is 5.85. The van der Waals surface area contributed by atoms with Gasteiger partial charge in [0.25, 0.3) is 0 Å². The van der Waals surface area contributed by atoms with Crippen molar-refractivity contribution >= 4 is 18.3 Å². The molecule has 3 rings (SSSR count). The number of benzene rings is 1. The lowest BCUT2D eigenvalue weighted by Crippen LogP contribution is -2.47. The number of likely N-dealkylation sites (tertiary alicyclic amines) is 2. The van der Waals surface area contributed by atoms with Crippen LogP contribution in [-0.2, 0) is 11.3 Å². The second-order valence-corrected chi connectivity index (χ2v) is 6.94. The van der Waals surface area contributed by atoms with Crippen LogP contribution in [0.2, 0.25) is 0 Å². The summed E-state index contributed by atoms with van der Waals surface area (Å²) < 4.78 is 13.4. The Labute approximate surface area is 160 Å². The minimum atomic E-state index is -1.07. The van der Waals surface area contributed by atoms with Crippen LogP contribution in [0.1, 0.15) is 24.8 Å². The van der Waals surface area contributed by atoms with Gasteiger partial charge in [-0.25, -0.2) is 4.39 Å². The minimum Gasteiger partial charge on any atom is -0.323 e. The number of carbonyl (C=O) groups is 1. The topological polar surface area (TPSA) is 59.4 Å². The van der Waals surface area contributed by atoms with Gasteiger partial charge >= 0.3 is 0 Å². The number of hydrogen-bond acceptors (Lipinski definition) is 4. The van der Waals surface area contributed by atoms with Gasteiger partial charge in [0, 0.05) is 19.0 Å². The first kappa shape index (κ1) is 20.6. The van der Waals surface area contributed by atoms with Gasteiger partial charge < -0.3 is 10.2 Å². The van der Waals surface area contributed by atoms with E-state index < -0.39 is 12.2 Å². The van der Waals surface area contributed by atoms with Crippen LogP contribution < -0.4 is 5.32 Å². The number of nitrogens with one attached hydrogen (secondary N) is 1. The van der Waals surface area contributed by atoms with Gasteiger partial charge in [-0.3, -0.25) is 9.69 Å². The van der Waals surface area contributed by atoms with E-state index in [0.29, 0.717) is 6.04 Å². The van der Waals surface area contributed by atoms with Gasteiger partial charge in [0.2, 0.25) is 5.91 Å². The Morgan fingerprint density at radius 2 is 1.96 bits per heavy atom. The maximum absolute atomic E-state index is 13.4. The molecule has 0 unspecified atom stereocenters. The predicted octanol–water partition coefficient (Wildman–Crippen LogP) is 2.12. The molecule has 2 heterocycles. The van der Waals surface area contributed by atoms with Crippen LogP contribution in [0.4, 0.5) is 4.39 Å². The number of amides is 1. The molecule has 2 fully saturated rings. The van der Waals surface area contributed by atoms with Gasteiger partial charge in [-0.2, -0.15) is 5.26 Å². The Morgan fingerprint density at radius 1 is 1.27 bits per heavy atom. The molecule has 0 spiro atoms. The molecule has 0 bridgehead atoms. The van der Waals surface area contributed by atoms with E-state index in [-0.39, 0.29) is 37.8 Å². The molecule has 142 valence electrons. The normalized spacial score (nSPS) is 24.1. The Balaban J connectivity index is 0.00000243. The number of piperidine rings is 1. The molecule has 5 nitrogen and oxygen atoms in total. The Hall–Kier alpha value is -1.68. The largest absolute Gasteiger partial charge is 0.323 e. The number of nitriles is 1. The lowest BCUT2D eigenvalue weighted by atomic mass is 10.0. The molecule has 26 heavy (non-hydrogen) atoms. The van der Waals surface area contributed by atoms with Gasteiger partial charge in [0.05, 0.1) is 19.2 Å². The van der Waals surface area contributed by atoms with Crippen LogP contribution in [0, 0.1) is 11.3 Å². The van der Waals surface area contributed by atoms with Gasteiger partial charge in [0.15, 0.2) is 0 Å². The highest BCUT2D eigenvalue weighted by Crippen LogP contribution is 2.20. The zero-order chi connectivity index (χ0) is 17.6. The summed E-state index contributed by atoms with van der Waals surface area (Å²) in [4.78, 5) is 16.0. The standard InChI is InChI=1S/C19H25FN4O.ClH/c20-16-10-18(11-21)24(14-16)19(25)12-22-17-6-8-23(9-7-17)13-15-4-2-1-3-5-15;/h1-5,16-18,22H,6-10,12-14H2;1H/t16-,18-;/m0./s1. The third-order valence-corrected chi connectivity index (χ3v) is 5.10. The van der Waals surface area contributed by atoms with Crippen LogP contribution >= 0.6 is 12.4 Å². The highest BCUT2D eigenvalue weighted by atomic mass is 35.5. The summed E-state index contributed by atoms with van der Waals surface area (Å²) in [5.41, 5.74) is 1.32. The highest BCUT2D eigenvalue weighted by Gasteiger charge is 2.35. The molecule has 1 aromatic carbocycles. The van der Waals surface area contributed by atoms with E-state index in [2.05, 4.69) is 34.5 Å². The van der Waals surface area contributed by atoms with Crippen molar-refractivity contribution in [3.05, 3.63) is 35.9 Å². The van der Waals surface area contributed by atoms with E-state index in [0.717, 1.165) is 32.5 Å². The summed E-state index contributed by atoms with van der Waals surface area (Å²) >= 11 is 0. The molecule has 0 saturated carbocycles. The molecule has 0 radical (unpaired) electrons. The maximum Gasteiger partial charge on any atom is 0.237 e.